The molecule has 1 amide bonds. The summed E-state index contributed by atoms with van der Waals surface area (Å²) in [6.07, 6.45) is 0.947. The molecule has 4 heteroatoms. The van der Waals surface area contributed by atoms with Crippen LogP contribution in [0.3, 0.4) is 0 Å². The lowest BCUT2D eigenvalue weighted by molar-refractivity contribution is -0.119. The van der Waals surface area contributed by atoms with Crippen molar-refractivity contribution in [2.75, 3.05) is 11.4 Å². The van der Waals surface area contributed by atoms with Crippen LogP contribution in [0.2, 0.25) is 5.02 Å². The molecule has 1 fully saturated rings. The monoisotopic (exact) mass is 252 g/mol. The molecule has 17 heavy (non-hydrogen) atoms. The van der Waals surface area contributed by atoms with Crippen molar-refractivity contribution in [1.82, 2.24) is 5.32 Å². The third-order valence-electron chi connectivity index (χ3n) is 3.08. The normalized spacial score (nSPS) is 25.8. The number of benzene rings is 1. The van der Waals surface area contributed by atoms with Crippen molar-refractivity contribution in [1.29, 1.82) is 0 Å². The Balaban J connectivity index is 2.27. The molecule has 0 saturated carbocycles. The number of anilines is 1. The van der Waals surface area contributed by atoms with Crippen LogP contribution < -0.4 is 10.2 Å². The lowest BCUT2D eigenvalue weighted by Crippen LogP contribution is -2.43. The second-order valence-electron chi connectivity index (χ2n) is 4.55. The molecule has 0 radical (unpaired) electrons. The van der Waals surface area contributed by atoms with Gasteiger partial charge in [-0.25, -0.2) is 0 Å². The van der Waals surface area contributed by atoms with Gasteiger partial charge in [-0.1, -0.05) is 17.7 Å². The topological polar surface area (TPSA) is 32.3 Å². The number of amides is 1. The van der Waals surface area contributed by atoms with Crippen LogP contribution in [0.25, 0.3) is 0 Å². The molecule has 0 spiro atoms. The van der Waals surface area contributed by atoms with E-state index in [2.05, 4.69) is 12.2 Å². The zero-order valence-electron chi connectivity index (χ0n) is 10.1. The van der Waals surface area contributed by atoms with Gasteiger partial charge >= 0.3 is 0 Å². The Morgan fingerprint density at radius 1 is 1.41 bits per heavy atom. The lowest BCUT2D eigenvalue weighted by atomic mass is 10.2. The molecule has 1 N–H and O–H groups in total. The molecular weight excluding hydrogens is 236 g/mol. The zero-order chi connectivity index (χ0) is 12.4. The van der Waals surface area contributed by atoms with Gasteiger partial charge in [-0.05, 0) is 38.5 Å². The van der Waals surface area contributed by atoms with Gasteiger partial charge in [-0.2, -0.15) is 0 Å². The smallest absolute Gasteiger partial charge is 0.243 e. The molecule has 2 rings (SSSR count). The predicted octanol–water partition coefficient (Wildman–Crippen LogP) is 2.44. The molecule has 0 bridgehead atoms. The third kappa shape index (κ3) is 2.79. The van der Waals surface area contributed by atoms with Gasteiger partial charge in [0.05, 0.1) is 6.04 Å². The van der Waals surface area contributed by atoms with Gasteiger partial charge < -0.3 is 10.2 Å². The summed E-state index contributed by atoms with van der Waals surface area (Å²) >= 11 is 5.96. The standard InChI is InChI=1S/C13H17ClN2O/c1-9-6-7-16(13(17)10(2)15-9)12-5-3-4-11(14)8-12/h3-5,8-10,15H,6-7H2,1-2H3. The van der Waals surface area contributed by atoms with Gasteiger partial charge in [-0.3, -0.25) is 4.79 Å². The summed E-state index contributed by atoms with van der Waals surface area (Å²) in [5.41, 5.74) is 0.880. The molecule has 1 saturated heterocycles. The highest BCUT2D eigenvalue weighted by Gasteiger charge is 2.26. The number of carbonyl (C=O) groups is 1. The number of rotatable bonds is 1. The van der Waals surface area contributed by atoms with Crippen molar-refractivity contribution in [3.05, 3.63) is 29.3 Å². The highest BCUT2D eigenvalue weighted by molar-refractivity contribution is 6.30. The van der Waals surface area contributed by atoms with E-state index >= 15 is 0 Å². The molecular formula is C13H17ClN2O. The van der Waals surface area contributed by atoms with E-state index in [1.54, 1.807) is 0 Å². The lowest BCUT2D eigenvalue weighted by Gasteiger charge is -2.22. The number of nitrogens with zero attached hydrogens (tertiary/aromatic N) is 1. The summed E-state index contributed by atoms with van der Waals surface area (Å²) in [5.74, 6) is 0.108. The first-order valence-corrected chi connectivity index (χ1v) is 6.28. The third-order valence-corrected chi connectivity index (χ3v) is 3.31. The maximum atomic E-state index is 12.2. The zero-order valence-corrected chi connectivity index (χ0v) is 10.9. The van der Waals surface area contributed by atoms with Crippen molar-refractivity contribution < 1.29 is 4.79 Å². The van der Waals surface area contributed by atoms with Gasteiger partial charge in [0, 0.05) is 23.3 Å². The first-order valence-electron chi connectivity index (χ1n) is 5.91. The Morgan fingerprint density at radius 3 is 2.88 bits per heavy atom. The van der Waals surface area contributed by atoms with E-state index in [0.717, 1.165) is 18.7 Å². The molecule has 3 nitrogen and oxygen atoms in total. The minimum atomic E-state index is -0.147. The fourth-order valence-corrected chi connectivity index (χ4v) is 2.33. The average Bonchev–Trinajstić information content (AvgIpc) is 2.40. The summed E-state index contributed by atoms with van der Waals surface area (Å²) in [4.78, 5) is 14.0. The molecule has 92 valence electrons. The van der Waals surface area contributed by atoms with E-state index in [-0.39, 0.29) is 11.9 Å². The quantitative estimate of drug-likeness (QED) is 0.833. The van der Waals surface area contributed by atoms with Crippen LogP contribution in [-0.4, -0.2) is 24.5 Å². The summed E-state index contributed by atoms with van der Waals surface area (Å²) in [7, 11) is 0. The fourth-order valence-electron chi connectivity index (χ4n) is 2.15. The number of hydrogen-bond donors (Lipinski definition) is 1. The van der Waals surface area contributed by atoms with E-state index in [9.17, 15) is 4.79 Å². The fraction of sp³-hybridized carbons (Fsp3) is 0.462. The molecule has 1 heterocycles. The number of halogens is 1. The summed E-state index contributed by atoms with van der Waals surface area (Å²) < 4.78 is 0. The van der Waals surface area contributed by atoms with Crippen molar-refractivity contribution >= 4 is 23.2 Å². The Morgan fingerprint density at radius 2 is 2.18 bits per heavy atom. The largest absolute Gasteiger partial charge is 0.311 e. The van der Waals surface area contributed by atoms with Crippen LogP contribution in [0.1, 0.15) is 20.3 Å². The van der Waals surface area contributed by atoms with Crippen LogP contribution in [-0.2, 0) is 4.79 Å². The average molecular weight is 253 g/mol. The molecule has 2 unspecified atom stereocenters. The van der Waals surface area contributed by atoms with E-state index in [1.807, 2.05) is 36.1 Å². The Kier molecular flexibility index (Phi) is 3.69. The van der Waals surface area contributed by atoms with Crippen LogP contribution in [0, 0.1) is 0 Å². The maximum absolute atomic E-state index is 12.2. The number of nitrogens with one attached hydrogen (secondary N) is 1. The van der Waals surface area contributed by atoms with Gasteiger partial charge in [0.15, 0.2) is 0 Å². The molecule has 1 aromatic rings. The predicted molar refractivity (Wildman–Crippen MR) is 70.5 cm³/mol. The minimum absolute atomic E-state index is 0.108. The molecule has 0 aromatic heterocycles. The second kappa shape index (κ2) is 5.07. The number of carbonyl (C=O) groups excluding carboxylic acids is 1. The van der Waals surface area contributed by atoms with E-state index < -0.39 is 0 Å². The summed E-state index contributed by atoms with van der Waals surface area (Å²) in [5, 5.41) is 3.94. The molecule has 0 aliphatic carbocycles. The number of hydrogen-bond acceptors (Lipinski definition) is 2. The SMILES string of the molecule is CC1CCN(c2cccc(Cl)c2)C(=O)C(C)N1. The molecule has 1 aliphatic heterocycles. The van der Waals surface area contributed by atoms with Crippen molar-refractivity contribution in [3.63, 3.8) is 0 Å². The summed E-state index contributed by atoms with van der Waals surface area (Å²) in [6.45, 7) is 4.74. The highest BCUT2D eigenvalue weighted by atomic mass is 35.5. The maximum Gasteiger partial charge on any atom is 0.243 e. The first kappa shape index (κ1) is 12.4. The molecule has 1 aliphatic rings. The van der Waals surface area contributed by atoms with Crippen LogP contribution in [0.4, 0.5) is 5.69 Å². The highest BCUT2D eigenvalue weighted by Crippen LogP contribution is 2.22. The van der Waals surface area contributed by atoms with Crippen molar-refractivity contribution in [2.24, 2.45) is 0 Å². The van der Waals surface area contributed by atoms with E-state index in [0.29, 0.717) is 11.1 Å². The Hall–Kier alpha value is -1.06. The van der Waals surface area contributed by atoms with Gasteiger partial charge in [0.1, 0.15) is 0 Å². The summed E-state index contributed by atoms with van der Waals surface area (Å²) in [6, 6.07) is 7.66. The molecule has 1 aromatic carbocycles. The van der Waals surface area contributed by atoms with Gasteiger partial charge in [0.2, 0.25) is 5.91 Å². The van der Waals surface area contributed by atoms with Gasteiger partial charge in [-0.15, -0.1) is 0 Å². The first-order chi connectivity index (χ1) is 8.08. The van der Waals surface area contributed by atoms with Crippen LogP contribution in [0.15, 0.2) is 24.3 Å². The van der Waals surface area contributed by atoms with E-state index in [1.165, 1.54) is 0 Å². The van der Waals surface area contributed by atoms with Crippen molar-refractivity contribution in [3.8, 4) is 0 Å². The van der Waals surface area contributed by atoms with Crippen LogP contribution in [0.5, 0.6) is 0 Å². The minimum Gasteiger partial charge on any atom is -0.311 e. The Bertz CT molecular complexity index is 422. The Labute approximate surface area is 107 Å². The second-order valence-corrected chi connectivity index (χ2v) is 4.98. The van der Waals surface area contributed by atoms with E-state index in [4.69, 9.17) is 11.6 Å². The molecule has 2 atom stereocenters. The van der Waals surface area contributed by atoms with Gasteiger partial charge in [0.25, 0.3) is 0 Å². The van der Waals surface area contributed by atoms with Crippen LogP contribution >= 0.6 is 11.6 Å². The van der Waals surface area contributed by atoms with Crippen molar-refractivity contribution in [2.45, 2.75) is 32.4 Å².